The predicted molar refractivity (Wildman–Crippen MR) is 243 cm³/mol. The average Bonchev–Trinajstić information content (AvgIpc) is 3.09. The topological polar surface area (TPSA) is 121 Å². The first kappa shape index (κ1) is 58.9. The fourth-order valence-electron chi connectivity index (χ4n) is 8.75. The zero-order valence-electron chi connectivity index (χ0n) is 40.3. The molecule has 0 fully saturated rings. The van der Waals surface area contributed by atoms with Crippen molar-refractivity contribution in [3.63, 3.8) is 0 Å². The number of carboxylic acid groups (broad SMARTS) is 2. The Hall–Kier alpha value is -1.22. The first-order valence-corrected chi connectivity index (χ1v) is 24.8. The lowest BCUT2D eigenvalue weighted by molar-refractivity contribution is -0.877. The molecule has 58 heavy (non-hydrogen) atoms. The van der Waals surface area contributed by atoms with Crippen LogP contribution in [0.5, 0.6) is 0 Å². The number of aliphatic hydroxyl groups is 2. The summed E-state index contributed by atoms with van der Waals surface area (Å²) in [6.07, 6.45) is 42.6. The van der Waals surface area contributed by atoms with Gasteiger partial charge in [0.1, 0.15) is 24.3 Å². The molecule has 2 atom stereocenters. The van der Waals surface area contributed by atoms with Gasteiger partial charge in [0.05, 0.1) is 42.3 Å². The molecular formula is C50H102N2O6. The van der Waals surface area contributed by atoms with Crippen LogP contribution in [-0.4, -0.2) is 97.7 Å². The summed E-state index contributed by atoms with van der Waals surface area (Å²) in [5.41, 5.74) is -2.29. The maximum atomic E-state index is 11.0. The maximum Gasteiger partial charge on any atom is 0.119 e. The number of carbonyl (C=O) groups is 2. The van der Waals surface area contributed by atoms with Crippen LogP contribution in [0.2, 0.25) is 0 Å². The number of rotatable bonds is 42. The predicted octanol–water partition coefficient (Wildman–Crippen LogP) is 10.4. The summed E-state index contributed by atoms with van der Waals surface area (Å²) in [7, 11) is 11.9. The molecule has 0 aromatic heterocycles. The van der Waals surface area contributed by atoms with E-state index >= 15 is 0 Å². The third-order valence-corrected chi connectivity index (χ3v) is 11.5. The molecule has 0 radical (unpaired) electrons. The lowest BCUT2D eigenvalue weighted by Crippen LogP contribution is -2.51. The highest BCUT2D eigenvalue weighted by molar-refractivity contribution is 5.66. The summed E-state index contributed by atoms with van der Waals surface area (Å²) in [6, 6.07) is 0. The Labute approximate surface area is 361 Å². The van der Waals surface area contributed by atoms with E-state index in [1.54, 1.807) is 0 Å². The van der Waals surface area contributed by atoms with Gasteiger partial charge in [-0.1, -0.05) is 219 Å². The van der Waals surface area contributed by atoms with Crippen molar-refractivity contribution in [1.82, 2.24) is 0 Å². The molecule has 348 valence electrons. The van der Waals surface area contributed by atoms with E-state index in [2.05, 4.69) is 13.8 Å². The number of aliphatic carboxylic acids is 2. The number of likely N-dealkylation sites (N-methyl/N-ethyl adjacent to an activating group) is 2. The summed E-state index contributed by atoms with van der Waals surface area (Å²) in [5, 5.41) is 43.4. The Morgan fingerprint density at radius 2 is 0.534 bits per heavy atom. The van der Waals surface area contributed by atoms with Crippen molar-refractivity contribution in [3.05, 3.63) is 0 Å². The van der Waals surface area contributed by atoms with Gasteiger partial charge >= 0.3 is 0 Å². The Balaban J connectivity index is 0. The van der Waals surface area contributed by atoms with E-state index in [-0.39, 0.29) is 12.8 Å². The molecular weight excluding hydrogens is 725 g/mol. The van der Waals surface area contributed by atoms with Crippen molar-refractivity contribution in [2.24, 2.45) is 0 Å². The van der Waals surface area contributed by atoms with Gasteiger partial charge in [0.25, 0.3) is 0 Å². The number of unbranched alkanes of at least 4 members (excludes halogenated alkanes) is 30. The van der Waals surface area contributed by atoms with Crippen LogP contribution in [-0.2, 0) is 9.59 Å². The van der Waals surface area contributed by atoms with Crippen LogP contribution in [0.4, 0.5) is 0 Å². The second kappa shape index (κ2) is 37.5. The lowest BCUT2D eigenvalue weighted by Gasteiger charge is -2.36. The van der Waals surface area contributed by atoms with Gasteiger partial charge in [-0.25, -0.2) is 0 Å². The van der Waals surface area contributed by atoms with Crippen LogP contribution in [0.25, 0.3) is 0 Å². The summed E-state index contributed by atoms with van der Waals surface area (Å²) in [4.78, 5) is 22.0. The Bertz CT molecular complexity index is 858. The van der Waals surface area contributed by atoms with Crippen molar-refractivity contribution in [3.8, 4) is 0 Å². The highest BCUT2D eigenvalue weighted by Crippen LogP contribution is 2.24. The number of carbonyl (C=O) groups excluding carboxylic acids is 2. The largest absolute Gasteiger partial charge is 0.550 e. The van der Waals surface area contributed by atoms with E-state index in [4.69, 9.17) is 0 Å². The van der Waals surface area contributed by atoms with E-state index < -0.39 is 23.1 Å². The van der Waals surface area contributed by atoms with Gasteiger partial charge < -0.3 is 39.0 Å². The number of carboxylic acids is 2. The SMILES string of the molecule is CCCCCCCCCCCCCCCCCCC(O)(CC(=O)[O-])C[N+](C)(C)C.CCCCCCCCCCCCCCCCCCC(O)(CC(=O)[O-])C[N+](C)(C)C. The minimum atomic E-state index is -1.16. The van der Waals surface area contributed by atoms with Crippen molar-refractivity contribution in [1.29, 1.82) is 0 Å². The van der Waals surface area contributed by atoms with Crippen molar-refractivity contribution < 1.29 is 39.0 Å². The van der Waals surface area contributed by atoms with Gasteiger partial charge in [-0.15, -0.1) is 0 Å². The molecule has 2 unspecified atom stereocenters. The van der Waals surface area contributed by atoms with Crippen molar-refractivity contribution >= 4 is 11.9 Å². The summed E-state index contributed by atoms with van der Waals surface area (Å²) < 4.78 is 1.12. The first-order valence-electron chi connectivity index (χ1n) is 24.8. The highest BCUT2D eigenvalue weighted by atomic mass is 16.4. The normalized spacial score (nSPS) is 14.1. The zero-order valence-corrected chi connectivity index (χ0v) is 40.3. The number of hydrogen-bond donors (Lipinski definition) is 2. The van der Waals surface area contributed by atoms with Gasteiger partial charge in [-0.05, 0) is 12.8 Å². The van der Waals surface area contributed by atoms with E-state index in [9.17, 15) is 30.0 Å². The quantitative estimate of drug-likeness (QED) is 0.0467. The molecule has 0 aliphatic rings. The molecule has 0 aromatic rings. The smallest absolute Gasteiger partial charge is 0.119 e. The van der Waals surface area contributed by atoms with Crippen LogP contribution in [0, 0.1) is 0 Å². The van der Waals surface area contributed by atoms with Gasteiger partial charge in [0, 0.05) is 24.8 Å². The Kier molecular flexibility index (Phi) is 38.1. The molecule has 2 N–H and O–H groups in total. The van der Waals surface area contributed by atoms with Crippen LogP contribution in [0.3, 0.4) is 0 Å². The fraction of sp³-hybridized carbons (Fsp3) is 0.960. The molecule has 0 saturated carbocycles. The highest BCUT2D eigenvalue weighted by Gasteiger charge is 2.34. The van der Waals surface area contributed by atoms with E-state index in [1.165, 1.54) is 180 Å². The van der Waals surface area contributed by atoms with Gasteiger partial charge in [0.15, 0.2) is 0 Å². The summed E-state index contributed by atoms with van der Waals surface area (Å²) in [6.45, 7) is 5.43. The lowest BCUT2D eigenvalue weighted by atomic mass is 9.91. The molecule has 8 heteroatoms. The average molecular weight is 827 g/mol. The number of hydrogen-bond acceptors (Lipinski definition) is 6. The third kappa shape index (κ3) is 45.9. The molecule has 0 saturated heterocycles. The molecule has 0 spiro atoms. The van der Waals surface area contributed by atoms with Gasteiger partial charge in [-0.2, -0.15) is 0 Å². The summed E-state index contributed by atoms with van der Waals surface area (Å²) >= 11 is 0. The molecule has 8 nitrogen and oxygen atoms in total. The maximum absolute atomic E-state index is 11.0. The molecule has 0 aromatic carbocycles. The Morgan fingerprint density at radius 1 is 0.362 bits per heavy atom. The standard InChI is InChI=1S/2C25H51NO3/c2*1-5-6-7-8-9-10-11-12-13-14-15-16-17-18-19-20-21-25(29,22-24(27)28)23-26(2,3)4/h2*29H,5-23H2,1-4H3. The van der Waals surface area contributed by atoms with E-state index in [1.807, 2.05) is 42.3 Å². The Morgan fingerprint density at radius 3 is 0.690 bits per heavy atom. The fourth-order valence-corrected chi connectivity index (χ4v) is 8.75. The molecule has 0 aliphatic carbocycles. The van der Waals surface area contributed by atoms with Crippen molar-refractivity contribution in [2.75, 3.05) is 55.4 Å². The molecule has 0 bridgehead atoms. The zero-order chi connectivity index (χ0) is 44.0. The first-order chi connectivity index (χ1) is 27.4. The third-order valence-electron chi connectivity index (χ3n) is 11.5. The van der Waals surface area contributed by atoms with Crippen LogP contribution in [0.1, 0.15) is 245 Å². The monoisotopic (exact) mass is 827 g/mol. The number of nitrogens with zero attached hydrogens (tertiary/aromatic N) is 2. The molecule has 0 rings (SSSR count). The second-order valence-electron chi connectivity index (χ2n) is 20.5. The number of quaternary nitrogens is 2. The van der Waals surface area contributed by atoms with Crippen LogP contribution >= 0.6 is 0 Å². The van der Waals surface area contributed by atoms with Crippen LogP contribution < -0.4 is 10.2 Å². The molecule has 0 aliphatic heterocycles. The van der Waals surface area contributed by atoms with E-state index in [0.29, 0.717) is 34.9 Å². The van der Waals surface area contributed by atoms with Gasteiger partial charge in [-0.3, -0.25) is 0 Å². The van der Waals surface area contributed by atoms with Gasteiger partial charge in [0.2, 0.25) is 0 Å². The minimum Gasteiger partial charge on any atom is -0.550 e. The second-order valence-corrected chi connectivity index (χ2v) is 20.5. The molecule has 0 heterocycles. The van der Waals surface area contributed by atoms with Crippen LogP contribution in [0.15, 0.2) is 0 Å². The van der Waals surface area contributed by atoms with Crippen molar-refractivity contribution in [2.45, 2.75) is 256 Å². The van der Waals surface area contributed by atoms with E-state index in [0.717, 1.165) is 25.7 Å². The molecule has 0 amide bonds. The minimum absolute atomic E-state index is 0.263. The summed E-state index contributed by atoms with van der Waals surface area (Å²) in [5.74, 6) is -2.31.